The number of aromatic nitrogens is 2. The number of carbonyl (C=O) groups is 1. The van der Waals surface area contributed by atoms with Crippen LogP contribution in [-0.4, -0.2) is 23.2 Å². The Hall–Kier alpha value is -3.15. The van der Waals surface area contributed by atoms with E-state index in [-0.39, 0.29) is 12.3 Å². The minimum absolute atomic E-state index is 0.0851. The number of anilines is 1. The zero-order chi connectivity index (χ0) is 18.5. The first kappa shape index (κ1) is 17.7. The van der Waals surface area contributed by atoms with Crippen LogP contribution in [-0.2, 0) is 11.2 Å². The molecule has 6 nitrogen and oxygen atoms in total. The van der Waals surface area contributed by atoms with Gasteiger partial charge in [-0.25, -0.2) is 0 Å². The van der Waals surface area contributed by atoms with Gasteiger partial charge >= 0.3 is 0 Å². The van der Waals surface area contributed by atoms with Crippen molar-refractivity contribution in [3.63, 3.8) is 0 Å². The molecule has 6 heteroatoms. The van der Waals surface area contributed by atoms with Crippen LogP contribution < -0.4 is 10.1 Å². The van der Waals surface area contributed by atoms with E-state index in [4.69, 9.17) is 9.15 Å². The largest absolute Gasteiger partial charge is 0.497 e. The first-order valence-electron chi connectivity index (χ1n) is 8.39. The van der Waals surface area contributed by atoms with Crippen molar-refractivity contribution < 1.29 is 13.9 Å². The molecule has 0 aliphatic carbocycles. The van der Waals surface area contributed by atoms with Gasteiger partial charge in [0.05, 0.1) is 7.11 Å². The molecular formula is C20H21N3O3. The van der Waals surface area contributed by atoms with Crippen molar-refractivity contribution in [2.45, 2.75) is 26.7 Å². The van der Waals surface area contributed by atoms with Gasteiger partial charge in [-0.2, -0.15) is 0 Å². The van der Waals surface area contributed by atoms with Crippen LogP contribution in [0.3, 0.4) is 0 Å². The maximum Gasteiger partial charge on any atom is 0.247 e. The number of amides is 1. The molecule has 0 aliphatic rings. The summed E-state index contributed by atoms with van der Waals surface area (Å²) >= 11 is 0. The highest BCUT2D eigenvalue weighted by molar-refractivity contribution is 5.91. The topological polar surface area (TPSA) is 77.2 Å². The first-order valence-corrected chi connectivity index (χ1v) is 8.39. The van der Waals surface area contributed by atoms with Crippen LogP contribution in [0.2, 0.25) is 0 Å². The second kappa shape index (κ2) is 7.82. The Kier molecular flexibility index (Phi) is 5.31. The third kappa shape index (κ3) is 4.27. The average Bonchev–Trinajstić information content (AvgIpc) is 3.11. The van der Waals surface area contributed by atoms with Crippen molar-refractivity contribution in [3.05, 3.63) is 59.5 Å². The number of ether oxygens (including phenoxy) is 1. The molecule has 0 spiro atoms. The molecule has 0 saturated heterocycles. The zero-order valence-electron chi connectivity index (χ0n) is 15.1. The van der Waals surface area contributed by atoms with Gasteiger partial charge in [-0.05, 0) is 43.7 Å². The third-order valence-electron chi connectivity index (χ3n) is 4.01. The fourth-order valence-electron chi connectivity index (χ4n) is 2.61. The standard InChI is InChI=1S/C20H21N3O3/c1-13-7-8-17(14(2)11-13)21-18(24)9-10-19-22-23-20(26-19)15-5-4-6-16(12-15)25-3/h4-8,11-12H,9-10H2,1-3H3,(H,21,24). The number of nitrogens with zero attached hydrogens (tertiary/aromatic N) is 2. The van der Waals surface area contributed by atoms with Crippen LogP contribution in [0.1, 0.15) is 23.4 Å². The van der Waals surface area contributed by atoms with Crippen molar-refractivity contribution in [1.29, 1.82) is 0 Å². The number of rotatable bonds is 6. The van der Waals surface area contributed by atoms with E-state index in [0.29, 0.717) is 18.2 Å². The lowest BCUT2D eigenvalue weighted by Crippen LogP contribution is -2.13. The molecule has 1 heterocycles. The molecular weight excluding hydrogens is 330 g/mol. The fraction of sp³-hybridized carbons (Fsp3) is 0.250. The summed E-state index contributed by atoms with van der Waals surface area (Å²) in [6, 6.07) is 13.3. The van der Waals surface area contributed by atoms with Crippen LogP contribution in [0.5, 0.6) is 5.75 Å². The minimum Gasteiger partial charge on any atom is -0.497 e. The van der Waals surface area contributed by atoms with E-state index in [9.17, 15) is 4.79 Å². The maximum atomic E-state index is 12.2. The van der Waals surface area contributed by atoms with E-state index in [0.717, 1.165) is 28.1 Å². The van der Waals surface area contributed by atoms with Crippen LogP contribution in [0.15, 0.2) is 46.9 Å². The Labute approximate surface area is 152 Å². The summed E-state index contributed by atoms with van der Waals surface area (Å²) in [5, 5.41) is 11.0. The van der Waals surface area contributed by atoms with Crippen molar-refractivity contribution in [1.82, 2.24) is 10.2 Å². The summed E-state index contributed by atoms with van der Waals surface area (Å²) in [6.45, 7) is 4.00. The van der Waals surface area contributed by atoms with Gasteiger partial charge < -0.3 is 14.5 Å². The second-order valence-corrected chi connectivity index (χ2v) is 6.10. The average molecular weight is 351 g/mol. The maximum absolute atomic E-state index is 12.2. The van der Waals surface area contributed by atoms with Gasteiger partial charge in [0.15, 0.2) is 0 Å². The van der Waals surface area contributed by atoms with Crippen LogP contribution in [0.25, 0.3) is 11.5 Å². The normalized spacial score (nSPS) is 10.6. The van der Waals surface area contributed by atoms with Crippen LogP contribution >= 0.6 is 0 Å². The number of benzene rings is 2. The molecule has 3 rings (SSSR count). The zero-order valence-corrected chi connectivity index (χ0v) is 15.1. The van der Waals surface area contributed by atoms with Gasteiger partial charge in [-0.1, -0.05) is 23.8 Å². The van der Waals surface area contributed by atoms with Crippen molar-refractivity contribution in [2.75, 3.05) is 12.4 Å². The van der Waals surface area contributed by atoms with Gasteiger partial charge in [0.1, 0.15) is 5.75 Å². The van der Waals surface area contributed by atoms with Crippen LogP contribution in [0.4, 0.5) is 5.69 Å². The third-order valence-corrected chi connectivity index (χ3v) is 4.01. The molecule has 3 aromatic rings. The monoisotopic (exact) mass is 351 g/mol. The number of hydrogen-bond donors (Lipinski definition) is 1. The molecule has 1 aromatic heterocycles. The highest BCUT2D eigenvalue weighted by atomic mass is 16.5. The number of methoxy groups -OCH3 is 1. The Morgan fingerprint density at radius 1 is 1.15 bits per heavy atom. The van der Waals surface area contributed by atoms with Crippen LogP contribution in [0, 0.1) is 13.8 Å². The Bertz CT molecular complexity index is 918. The quantitative estimate of drug-likeness (QED) is 0.728. The summed E-state index contributed by atoms with van der Waals surface area (Å²) in [7, 11) is 1.60. The van der Waals surface area contributed by atoms with E-state index < -0.39 is 0 Å². The Morgan fingerprint density at radius 3 is 2.77 bits per heavy atom. The summed E-state index contributed by atoms with van der Waals surface area (Å²) in [6.07, 6.45) is 0.654. The van der Waals surface area contributed by atoms with Gasteiger partial charge in [0.2, 0.25) is 17.7 Å². The molecule has 0 aliphatic heterocycles. The second-order valence-electron chi connectivity index (χ2n) is 6.10. The Morgan fingerprint density at radius 2 is 2.00 bits per heavy atom. The molecule has 0 atom stereocenters. The molecule has 0 saturated carbocycles. The Balaban J connectivity index is 1.60. The van der Waals surface area contributed by atoms with E-state index >= 15 is 0 Å². The molecule has 134 valence electrons. The lowest BCUT2D eigenvalue weighted by Gasteiger charge is -2.08. The summed E-state index contributed by atoms with van der Waals surface area (Å²) in [4.78, 5) is 12.2. The molecule has 0 fully saturated rings. The summed E-state index contributed by atoms with van der Waals surface area (Å²) in [5.41, 5.74) is 3.80. The lowest BCUT2D eigenvalue weighted by atomic mass is 10.1. The number of carbonyl (C=O) groups excluding carboxylic acids is 1. The van der Waals surface area contributed by atoms with Gasteiger partial charge in [-0.15, -0.1) is 10.2 Å². The molecule has 0 unspecified atom stereocenters. The van der Waals surface area contributed by atoms with Gasteiger partial charge in [-0.3, -0.25) is 4.79 Å². The highest BCUT2D eigenvalue weighted by Crippen LogP contribution is 2.23. The molecule has 1 N–H and O–H groups in total. The summed E-state index contributed by atoms with van der Waals surface area (Å²) in [5.74, 6) is 1.47. The molecule has 0 radical (unpaired) electrons. The van der Waals surface area contributed by atoms with E-state index in [1.807, 2.05) is 56.3 Å². The van der Waals surface area contributed by atoms with Crippen molar-refractivity contribution >= 4 is 11.6 Å². The molecule has 26 heavy (non-hydrogen) atoms. The number of nitrogens with one attached hydrogen (secondary N) is 1. The first-order chi connectivity index (χ1) is 12.5. The van der Waals surface area contributed by atoms with Gasteiger partial charge in [0.25, 0.3) is 0 Å². The SMILES string of the molecule is COc1cccc(-c2nnc(CCC(=O)Nc3ccc(C)cc3C)o2)c1. The predicted octanol–water partition coefficient (Wildman–Crippen LogP) is 3.93. The molecule has 2 aromatic carbocycles. The summed E-state index contributed by atoms with van der Waals surface area (Å²) < 4.78 is 10.8. The minimum atomic E-state index is -0.0851. The number of aryl methyl sites for hydroxylation is 3. The number of hydrogen-bond acceptors (Lipinski definition) is 5. The fourth-order valence-corrected chi connectivity index (χ4v) is 2.61. The predicted molar refractivity (Wildman–Crippen MR) is 99.2 cm³/mol. The highest BCUT2D eigenvalue weighted by Gasteiger charge is 2.12. The van der Waals surface area contributed by atoms with E-state index in [1.54, 1.807) is 7.11 Å². The van der Waals surface area contributed by atoms with E-state index in [2.05, 4.69) is 15.5 Å². The molecule has 0 bridgehead atoms. The smallest absolute Gasteiger partial charge is 0.247 e. The van der Waals surface area contributed by atoms with Gasteiger partial charge in [0, 0.05) is 24.1 Å². The van der Waals surface area contributed by atoms with Crippen molar-refractivity contribution in [2.24, 2.45) is 0 Å². The lowest BCUT2D eigenvalue weighted by molar-refractivity contribution is -0.116. The molecule has 1 amide bonds. The van der Waals surface area contributed by atoms with Crippen molar-refractivity contribution in [3.8, 4) is 17.2 Å². The van der Waals surface area contributed by atoms with E-state index in [1.165, 1.54) is 0 Å².